The summed E-state index contributed by atoms with van der Waals surface area (Å²) in [5, 5.41) is 5.36. The van der Waals surface area contributed by atoms with Crippen LogP contribution in [0.4, 0.5) is 11.4 Å². The van der Waals surface area contributed by atoms with Gasteiger partial charge in [0.1, 0.15) is 0 Å². The van der Waals surface area contributed by atoms with Crippen LogP contribution in [0.5, 0.6) is 0 Å². The van der Waals surface area contributed by atoms with Crippen LogP contribution in [0.1, 0.15) is 32.1 Å². The number of amides is 2. The van der Waals surface area contributed by atoms with E-state index < -0.39 is 21.8 Å². The normalized spacial score (nSPS) is 19.8. The summed E-state index contributed by atoms with van der Waals surface area (Å²) in [6.07, 6.45) is 4.45. The molecule has 0 radical (unpaired) electrons. The number of hydrogen-bond acceptors (Lipinski definition) is 4. The number of nitrogens with one attached hydrogen (secondary N) is 2. The molecule has 0 atom stereocenters. The smallest absolute Gasteiger partial charge is 0.313 e. The Morgan fingerprint density at radius 1 is 1.12 bits per heavy atom. The van der Waals surface area contributed by atoms with E-state index in [9.17, 15) is 18.0 Å². The molecule has 0 spiro atoms. The quantitative estimate of drug-likeness (QED) is 0.776. The third kappa shape index (κ3) is 4.07. The molecule has 2 aliphatic rings. The molecule has 2 amide bonds. The second kappa shape index (κ2) is 7.21. The highest BCUT2D eigenvalue weighted by Gasteiger charge is 2.29. The lowest BCUT2D eigenvalue weighted by atomic mass is 10.2. The van der Waals surface area contributed by atoms with Gasteiger partial charge in [-0.15, -0.1) is 0 Å². The number of nitrogens with zero attached hydrogens (tertiary/aromatic N) is 1. The first-order valence-corrected chi connectivity index (χ1v) is 10.3. The number of benzene rings is 1. The minimum absolute atomic E-state index is 0.0523. The highest BCUT2D eigenvalue weighted by molar-refractivity contribution is 7.93. The van der Waals surface area contributed by atoms with Gasteiger partial charge in [-0.05, 0) is 37.5 Å². The van der Waals surface area contributed by atoms with Crippen molar-refractivity contribution < 1.29 is 18.0 Å². The van der Waals surface area contributed by atoms with Gasteiger partial charge in [0.2, 0.25) is 10.0 Å². The van der Waals surface area contributed by atoms with Gasteiger partial charge in [-0.1, -0.05) is 24.4 Å². The maximum Gasteiger partial charge on any atom is 0.313 e. The second-order valence-corrected chi connectivity index (χ2v) is 8.73. The molecule has 2 N–H and O–H groups in total. The van der Waals surface area contributed by atoms with Crippen LogP contribution in [-0.2, 0) is 19.6 Å². The Morgan fingerprint density at radius 2 is 1.84 bits per heavy atom. The van der Waals surface area contributed by atoms with Gasteiger partial charge in [-0.25, -0.2) is 8.42 Å². The van der Waals surface area contributed by atoms with Crippen LogP contribution in [0.25, 0.3) is 0 Å². The number of carbonyl (C=O) groups excluding carboxylic acids is 2. The Balaban J connectivity index is 1.66. The zero-order chi connectivity index (χ0) is 18.0. The molecule has 1 saturated heterocycles. The fraction of sp³-hybridized carbons (Fsp3) is 0.500. The molecule has 2 fully saturated rings. The number of anilines is 2. The topological polar surface area (TPSA) is 95.6 Å². The number of carbonyl (C=O) groups is 2. The monoisotopic (exact) mass is 385 g/mol. The lowest BCUT2D eigenvalue weighted by Gasteiger charge is -2.18. The number of hydrogen-bond donors (Lipinski definition) is 2. The minimum atomic E-state index is -3.30. The SMILES string of the molecule is O=C(Nc1ccc(N2CCCS2(=O)=O)cc1Cl)C(=O)NC1CCCC1. The first-order valence-electron chi connectivity index (χ1n) is 8.28. The van der Waals surface area contributed by atoms with Crippen LogP contribution in [0.15, 0.2) is 18.2 Å². The summed E-state index contributed by atoms with van der Waals surface area (Å²) in [5.74, 6) is -1.35. The Hall–Kier alpha value is -1.80. The highest BCUT2D eigenvalue weighted by Crippen LogP contribution is 2.31. The van der Waals surface area contributed by atoms with Crippen molar-refractivity contribution in [1.82, 2.24) is 5.32 Å². The van der Waals surface area contributed by atoms with Crippen LogP contribution >= 0.6 is 11.6 Å². The predicted octanol–water partition coefficient (Wildman–Crippen LogP) is 1.88. The first kappa shape index (κ1) is 18.0. The van der Waals surface area contributed by atoms with Crippen molar-refractivity contribution in [3.8, 4) is 0 Å². The average molecular weight is 386 g/mol. The van der Waals surface area contributed by atoms with Crippen molar-refractivity contribution >= 4 is 44.8 Å². The third-order valence-corrected chi connectivity index (χ3v) is 6.67. The van der Waals surface area contributed by atoms with Gasteiger partial charge in [-0.3, -0.25) is 13.9 Å². The summed E-state index contributed by atoms with van der Waals surface area (Å²) in [5.41, 5.74) is 0.726. The fourth-order valence-electron chi connectivity index (χ4n) is 3.19. The zero-order valence-electron chi connectivity index (χ0n) is 13.6. The van der Waals surface area contributed by atoms with E-state index >= 15 is 0 Å². The Bertz CT molecular complexity index is 791. The first-order chi connectivity index (χ1) is 11.9. The van der Waals surface area contributed by atoms with Crippen LogP contribution in [-0.4, -0.2) is 38.6 Å². The third-order valence-electron chi connectivity index (χ3n) is 4.48. The molecule has 9 heteroatoms. The lowest BCUT2D eigenvalue weighted by Crippen LogP contribution is -2.40. The van der Waals surface area contributed by atoms with Gasteiger partial charge in [0.05, 0.1) is 22.2 Å². The zero-order valence-corrected chi connectivity index (χ0v) is 15.2. The number of rotatable bonds is 3. The molecular formula is C16H20ClN3O4S. The fourth-order valence-corrected chi connectivity index (χ4v) is 4.97. The summed E-state index contributed by atoms with van der Waals surface area (Å²) < 4.78 is 25.2. The molecular weight excluding hydrogens is 366 g/mol. The van der Waals surface area contributed by atoms with E-state index in [0.717, 1.165) is 25.7 Å². The standard InChI is InChI=1S/C16H20ClN3O4S/c17-13-10-12(20-8-3-9-25(20,23)24)6-7-14(13)19-16(22)15(21)18-11-4-1-2-5-11/h6-7,10-11H,1-5,8-9H2,(H,18,21)(H,19,22). The lowest BCUT2D eigenvalue weighted by molar-refractivity contribution is -0.136. The Kier molecular flexibility index (Phi) is 5.19. The van der Waals surface area contributed by atoms with Gasteiger partial charge in [0.25, 0.3) is 0 Å². The maximum absolute atomic E-state index is 12.0. The molecule has 1 aromatic rings. The predicted molar refractivity (Wildman–Crippen MR) is 96.2 cm³/mol. The van der Waals surface area contributed by atoms with Crippen LogP contribution in [0.2, 0.25) is 5.02 Å². The van der Waals surface area contributed by atoms with E-state index in [4.69, 9.17) is 11.6 Å². The Morgan fingerprint density at radius 3 is 2.44 bits per heavy atom. The Labute approximate surface area is 151 Å². The van der Waals surface area contributed by atoms with Crippen molar-refractivity contribution in [1.29, 1.82) is 0 Å². The van der Waals surface area contributed by atoms with E-state index in [1.807, 2.05) is 0 Å². The molecule has 25 heavy (non-hydrogen) atoms. The van der Waals surface area contributed by atoms with E-state index in [1.54, 1.807) is 6.07 Å². The van der Waals surface area contributed by atoms with Gasteiger partial charge >= 0.3 is 11.8 Å². The van der Waals surface area contributed by atoms with E-state index in [-0.39, 0.29) is 22.5 Å². The minimum Gasteiger partial charge on any atom is -0.345 e. The van der Waals surface area contributed by atoms with Gasteiger partial charge in [0, 0.05) is 12.6 Å². The maximum atomic E-state index is 12.0. The second-order valence-electron chi connectivity index (χ2n) is 6.31. The molecule has 1 heterocycles. The summed E-state index contributed by atoms with van der Waals surface area (Å²) in [6, 6.07) is 4.61. The molecule has 0 unspecified atom stereocenters. The van der Waals surface area contributed by atoms with Crippen LogP contribution < -0.4 is 14.9 Å². The number of halogens is 1. The molecule has 136 valence electrons. The average Bonchev–Trinajstić information content (AvgIpc) is 3.18. The molecule has 1 aromatic carbocycles. The van der Waals surface area contributed by atoms with Crippen molar-refractivity contribution in [3.63, 3.8) is 0 Å². The molecule has 1 saturated carbocycles. The molecule has 1 aliphatic heterocycles. The largest absolute Gasteiger partial charge is 0.345 e. The van der Waals surface area contributed by atoms with Gasteiger partial charge in [0.15, 0.2) is 0 Å². The number of sulfonamides is 1. The molecule has 0 bridgehead atoms. The summed E-state index contributed by atoms with van der Waals surface area (Å²) in [7, 11) is -3.30. The van der Waals surface area contributed by atoms with Gasteiger partial charge in [-0.2, -0.15) is 0 Å². The molecule has 0 aromatic heterocycles. The van der Waals surface area contributed by atoms with Crippen LogP contribution in [0.3, 0.4) is 0 Å². The molecule has 7 nitrogen and oxygen atoms in total. The van der Waals surface area contributed by atoms with E-state index in [0.29, 0.717) is 18.7 Å². The van der Waals surface area contributed by atoms with Crippen molar-refractivity contribution in [3.05, 3.63) is 23.2 Å². The van der Waals surface area contributed by atoms with E-state index in [2.05, 4.69) is 10.6 Å². The van der Waals surface area contributed by atoms with Gasteiger partial charge < -0.3 is 10.6 Å². The van der Waals surface area contributed by atoms with Crippen molar-refractivity contribution in [2.45, 2.75) is 38.1 Å². The molecule has 1 aliphatic carbocycles. The van der Waals surface area contributed by atoms with Crippen molar-refractivity contribution in [2.75, 3.05) is 21.9 Å². The summed E-state index contributed by atoms with van der Waals surface area (Å²) >= 11 is 6.15. The van der Waals surface area contributed by atoms with Crippen LogP contribution in [0, 0.1) is 0 Å². The summed E-state index contributed by atoms with van der Waals surface area (Å²) in [4.78, 5) is 23.9. The summed E-state index contributed by atoms with van der Waals surface area (Å²) in [6.45, 7) is 0.411. The molecule has 3 rings (SSSR count). The van der Waals surface area contributed by atoms with Crippen molar-refractivity contribution in [2.24, 2.45) is 0 Å². The highest BCUT2D eigenvalue weighted by atomic mass is 35.5. The van der Waals surface area contributed by atoms with E-state index in [1.165, 1.54) is 16.4 Å².